The van der Waals surface area contributed by atoms with Crippen molar-refractivity contribution in [2.45, 2.75) is 18.9 Å². The maximum absolute atomic E-state index is 13.1. The summed E-state index contributed by atoms with van der Waals surface area (Å²) in [5, 5.41) is 0. The number of nitrogens with zero attached hydrogens (tertiary/aromatic N) is 1. The highest BCUT2D eigenvalue weighted by molar-refractivity contribution is 6.18. The summed E-state index contributed by atoms with van der Waals surface area (Å²) in [4.78, 5) is 39.0. The number of ketones is 1. The minimum absolute atomic E-state index is 0.0199. The number of carbonyl (C=O) groups is 3. The third kappa shape index (κ3) is 4.57. The summed E-state index contributed by atoms with van der Waals surface area (Å²) in [6.07, 6.45) is -0.921. The fourth-order valence-electron chi connectivity index (χ4n) is 3.10. The van der Waals surface area contributed by atoms with Crippen LogP contribution < -0.4 is 4.90 Å². The number of halogens is 2. The molecule has 1 saturated heterocycles. The third-order valence-corrected chi connectivity index (χ3v) is 4.80. The number of anilines is 1. The number of ether oxygens (including phenoxy) is 1. The van der Waals surface area contributed by atoms with Crippen molar-refractivity contribution in [3.63, 3.8) is 0 Å². The van der Waals surface area contributed by atoms with Crippen LogP contribution in [0.5, 0.6) is 0 Å². The maximum atomic E-state index is 13.1. The third-order valence-electron chi connectivity index (χ3n) is 4.58. The molecule has 0 spiro atoms. The molecule has 2 aromatic rings. The minimum atomic E-state index is -1.07. The van der Waals surface area contributed by atoms with Crippen molar-refractivity contribution in [2.24, 2.45) is 5.92 Å². The monoisotopic (exact) mass is 403 g/mol. The number of carbonyl (C=O) groups excluding carboxylic acids is 3. The lowest BCUT2D eigenvalue weighted by Crippen LogP contribution is -2.32. The normalized spacial score (nSPS) is 17.4. The van der Waals surface area contributed by atoms with Crippen LogP contribution >= 0.6 is 11.6 Å². The first-order chi connectivity index (χ1) is 13.5. The van der Waals surface area contributed by atoms with Crippen LogP contribution in [0, 0.1) is 11.7 Å². The zero-order valence-electron chi connectivity index (χ0n) is 15.0. The molecule has 0 aromatic heterocycles. The molecule has 0 bridgehead atoms. The van der Waals surface area contributed by atoms with E-state index in [1.165, 1.54) is 29.2 Å². The Morgan fingerprint density at radius 2 is 1.82 bits per heavy atom. The van der Waals surface area contributed by atoms with Gasteiger partial charge in [-0.2, -0.15) is 0 Å². The number of rotatable bonds is 7. The van der Waals surface area contributed by atoms with Crippen LogP contribution in [0.3, 0.4) is 0 Å². The molecule has 28 heavy (non-hydrogen) atoms. The lowest BCUT2D eigenvalue weighted by atomic mass is 10.0. The molecule has 1 aliphatic rings. The second-order valence-corrected chi connectivity index (χ2v) is 6.89. The molecular formula is C21H19ClFNO4. The predicted octanol–water partition coefficient (Wildman–Crippen LogP) is 3.60. The Morgan fingerprint density at radius 1 is 1.14 bits per heavy atom. The summed E-state index contributed by atoms with van der Waals surface area (Å²) in [6.45, 7) is 0.194. The van der Waals surface area contributed by atoms with Gasteiger partial charge in [-0.25, -0.2) is 4.39 Å². The smallest absolute Gasteiger partial charge is 0.312 e. The predicted molar refractivity (Wildman–Crippen MR) is 103 cm³/mol. The summed E-state index contributed by atoms with van der Waals surface area (Å²) in [5.74, 6) is -2.24. The summed E-state index contributed by atoms with van der Waals surface area (Å²) in [6, 6.07) is 14.1. The van der Waals surface area contributed by atoms with E-state index >= 15 is 0 Å². The molecule has 0 saturated carbocycles. The first kappa shape index (κ1) is 20.0. The first-order valence-electron chi connectivity index (χ1n) is 8.91. The molecule has 1 heterocycles. The number of alkyl halides is 1. The highest BCUT2D eigenvalue weighted by atomic mass is 35.5. The summed E-state index contributed by atoms with van der Waals surface area (Å²) in [5.41, 5.74) is 0.945. The van der Waals surface area contributed by atoms with E-state index in [9.17, 15) is 18.8 Å². The number of para-hydroxylation sites is 1. The van der Waals surface area contributed by atoms with Crippen LogP contribution in [0.15, 0.2) is 54.6 Å². The maximum Gasteiger partial charge on any atom is 0.312 e. The Hall–Kier alpha value is -2.73. The average Bonchev–Trinajstić information content (AvgIpc) is 3.10. The Kier molecular flexibility index (Phi) is 6.41. The number of hydrogen-bond acceptors (Lipinski definition) is 4. The Morgan fingerprint density at radius 3 is 2.46 bits per heavy atom. The van der Waals surface area contributed by atoms with Crippen molar-refractivity contribution in [1.82, 2.24) is 0 Å². The van der Waals surface area contributed by atoms with Gasteiger partial charge in [0.25, 0.3) is 0 Å². The topological polar surface area (TPSA) is 63.7 Å². The Balaban J connectivity index is 1.68. The van der Waals surface area contributed by atoms with Crippen LogP contribution in [-0.2, 0) is 14.3 Å². The molecule has 1 aliphatic heterocycles. The van der Waals surface area contributed by atoms with E-state index < -0.39 is 29.6 Å². The first-order valence-corrected chi connectivity index (χ1v) is 9.44. The summed E-state index contributed by atoms with van der Waals surface area (Å²) < 4.78 is 18.5. The molecule has 0 aliphatic carbocycles. The van der Waals surface area contributed by atoms with Gasteiger partial charge in [-0.1, -0.05) is 18.2 Å². The van der Waals surface area contributed by atoms with Crippen LogP contribution in [0.4, 0.5) is 10.1 Å². The highest BCUT2D eigenvalue weighted by Gasteiger charge is 2.38. The Bertz CT molecular complexity index is 856. The van der Waals surface area contributed by atoms with Gasteiger partial charge >= 0.3 is 5.97 Å². The summed E-state index contributed by atoms with van der Waals surface area (Å²) in [7, 11) is 0. The lowest BCUT2D eigenvalue weighted by Gasteiger charge is -2.19. The molecule has 2 atom stereocenters. The fourth-order valence-corrected chi connectivity index (χ4v) is 3.30. The van der Waals surface area contributed by atoms with Crippen molar-refractivity contribution in [3.8, 4) is 0 Å². The summed E-state index contributed by atoms with van der Waals surface area (Å²) >= 11 is 5.76. The van der Waals surface area contributed by atoms with Crippen molar-refractivity contribution in [2.75, 3.05) is 17.3 Å². The fraction of sp³-hybridized carbons (Fsp3) is 0.286. The molecule has 2 aromatic carbocycles. The largest absolute Gasteiger partial charge is 0.454 e. The van der Waals surface area contributed by atoms with Gasteiger partial charge in [-0.05, 0) is 36.4 Å². The molecule has 5 nitrogen and oxygen atoms in total. The van der Waals surface area contributed by atoms with Gasteiger partial charge < -0.3 is 9.64 Å². The van der Waals surface area contributed by atoms with Gasteiger partial charge in [-0.15, -0.1) is 11.6 Å². The Labute approximate surface area is 167 Å². The van der Waals surface area contributed by atoms with Crippen molar-refractivity contribution >= 4 is 34.9 Å². The standard InChI is InChI=1S/C21H19ClFNO4/c22-11-10-18(20(26)14-6-8-16(23)9-7-14)28-21(27)15-12-19(25)24(13-15)17-4-2-1-3-5-17/h1-9,15,18H,10-13H2/t15-,18+/m0/s1. The highest BCUT2D eigenvalue weighted by Crippen LogP contribution is 2.26. The molecule has 0 radical (unpaired) electrons. The van der Waals surface area contributed by atoms with Crippen LogP contribution in [-0.4, -0.2) is 36.2 Å². The second-order valence-electron chi connectivity index (χ2n) is 6.52. The van der Waals surface area contributed by atoms with Crippen molar-refractivity contribution < 1.29 is 23.5 Å². The molecule has 1 amide bonds. The molecular weight excluding hydrogens is 385 g/mol. The van der Waals surface area contributed by atoms with E-state index in [4.69, 9.17) is 16.3 Å². The van der Waals surface area contributed by atoms with Crippen LogP contribution in [0.1, 0.15) is 23.2 Å². The van der Waals surface area contributed by atoms with Crippen molar-refractivity contribution in [3.05, 3.63) is 66.0 Å². The lowest BCUT2D eigenvalue weighted by molar-refractivity contribution is -0.151. The second kappa shape index (κ2) is 8.97. The van der Waals surface area contributed by atoms with Gasteiger partial charge in [0.05, 0.1) is 5.92 Å². The molecule has 146 valence electrons. The van der Waals surface area contributed by atoms with E-state index in [-0.39, 0.29) is 36.7 Å². The van der Waals surface area contributed by atoms with Crippen LogP contribution in [0.2, 0.25) is 0 Å². The van der Waals surface area contributed by atoms with E-state index in [1.807, 2.05) is 18.2 Å². The SMILES string of the molecule is O=C(O[C@H](CCCl)C(=O)c1ccc(F)cc1)[C@H]1CC(=O)N(c2ccccc2)C1. The van der Waals surface area contributed by atoms with Gasteiger partial charge in [0.1, 0.15) is 5.82 Å². The van der Waals surface area contributed by atoms with E-state index in [2.05, 4.69) is 0 Å². The zero-order valence-corrected chi connectivity index (χ0v) is 15.8. The van der Waals surface area contributed by atoms with Crippen LogP contribution in [0.25, 0.3) is 0 Å². The zero-order chi connectivity index (χ0) is 20.1. The molecule has 1 fully saturated rings. The van der Waals surface area contributed by atoms with Gasteiger partial charge in [-0.3, -0.25) is 14.4 Å². The molecule has 0 unspecified atom stereocenters. The number of benzene rings is 2. The number of hydrogen-bond donors (Lipinski definition) is 0. The number of amides is 1. The van der Waals surface area contributed by atoms with E-state index in [0.717, 1.165) is 0 Å². The van der Waals surface area contributed by atoms with E-state index in [0.29, 0.717) is 5.69 Å². The molecule has 7 heteroatoms. The average molecular weight is 404 g/mol. The number of Topliss-reactive ketones (excluding diaryl/α,β-unsaturated/α-hetero) is 1. The van der Waals surface area contributed by atoms with Gasteiger partial charge in [0.2, 0.25) is 11.7 Å². The van der Waals surface area contributed by atoms with E-state index in [1.54, 1.807) is 12.1 Å². The molecule has 3 rings (SSSR count). The van der Waals surface area contributed by atoms with Crippen molar-refractivity contribution in [1.29, 1.82) is 0 Å². The quantitative estimate of drug-likeness (QED) is 0.402. The minimum Gasteiger partial charge on any atom is -0.454 e. The van der Waals surface area contributed by atoms with Gasteiger partial charge in [0.15, 0.2) is 6.10 Å². The molecule has 0 N–H and O–H groups in total. The number of esters is 1. The van der Waals surface area contributed by atoms with Gasteiger partial charge in [0, 0.05) is 36.5 Å².